The molecule has 0 saturated carbocycles. The van der Waals surface area contributed by atoms with Crippen LogP contribution in [0.25, 0.3) is 16.8 Å². The molecule has 1 aliphatic rings. The van der Waals surface area contributed by atoms with Gasteiger partial charge in [-0.1, -0.05) is 12.1 Å². The number of hydrogen-bond acceptors (Lipinski definition) is 4. The fourth-order valence-corrected chi connectivity index (χ4v) is 2.95. The average Bonchev–Trinajstić information content (AvgIpc) is 3.01. The Hall–Kier alpha value is -1.34. The molecule has 6 nitrogen and oxygen atoms in total. The van der Waals surface area contributed by atoms with E-state index >= 15 is 0 Å². The number of halogens is 2. The first-order valence-electron chi connectivity index (χ1n) is 7.43. The predicted molar refractivity (Wildman–Crippen MR) is 95.0 cm³/mol. The SMILES string of the molecule is Cc1nn2c3ccccc3nc2n1CCN1CCOCC1.Cl.Cl. The van der Waals surface area contributed by atoms with Gasteiger partial charge in [-0.05, 0) is 19.1 Å². The number of imidazole rings is 1. The highest BCUT2D eigenvalue weighted by Gasteiger charge is 2.15. The third-order valence-electron chi connectivity index (χ3n) is 4.14. The molecule has 23 heavy (non-hydrogen) atoms. The highest BCUT2D eigenvalue weighted by Crippen LogP contribution is 2.17. The van der Waals surface area contributed by atoms with E-state index in [-0.39, 0.29) is 24.8 Å². The molecule has 3 heterocycles. The summed E-state index contributed by atoms with van der Waals surface area (Å²) in [5, 5.41) is 4.64. The van der Waals surface area contributed by atoms with Gasteiger partial charge >= 0.3 is 0 Å². The lowest BCUT2D eigenvalue weighted by Gasteiger charge is -2.26. The summed E-state index contributed by atoms with van der Waals surface area (Å²) < 4.78 is 9.55. The summed E-state index contributed by atoms with van der Waals surface area (Å²) in [4.78, 5) is 7.15. The number of benzene rings is 1. The number of rotatable bonds is 3. The zero-order valence-corrected chi connectivity index (χ0v) is 14.6. The molecule has 0 bridgehead atoms. The molecule has 8 heteroatoms. The standard InChI is InChI=1S/C15H19N5O.2ClH/c1-12-17-20-14-5-3-2-4-13(14)16-15(20)19(12)7-6-18-8-10-21-11-9-18;;/h2-5H,6-11H2,1H3;2*1H. The summed E-state index contributed by atoms with van der Waals surface area (Å²) >= 11 is 0. The van der Waals surface area contributed by atoms with Crippen molar-refractivity contribution in [2.24, 2.45) is 0 Å². The number of nitrogens with zero attached hydrogens (tertiary/aromatic N) is 5. The maximum atomic E-state index is 5.39. The van der Waals surface area contributed by atoms with Crippen molar-refractivity contribution in [1.29, 1.82) is 0 Å². The molecule has 0 radical (unpaired) electrons. The average molecular weight is 358 g/mol. The lowest BCUT2D eigenvalue weighted by molar-refractivity contribution is 0.0364. The molecule has 0 amide bonds. The number of aryl methyl sites for hydroxylation is 1. The fraction of sp³-hybridized carbons (Fsp3) is 0.467. The first-order valence-corrected chi connectivity index (χ1v) is 7.43. The molecule has 0 N–H and O–H groups in total. The van der Waals surface area contributed by atoms with E-state index in [1.807, 2.05) is 29.6 Å². The molecule has 126 valence electrons. The molecule has 1 aromatic carbocycles. The van der Waals surface area contributed by atoms with Gasteiger partial charge in [-0.25, -0.2) is 4.98 Å². The van der Waals surface area contributed by atoms with E-state index in [4.69, 9.17) is 9.72 Å². The minimum atomic E-state index is 0. The smallest absolute Gasteiger partial charge is 0.233 e. The molecule has 0 unspecified atom stereocenters. The summed E-state index contributed by atoms with van der Waals surface area (Å²) in [5.74, 6) is 1.94. The molecule has 2 aromatic heterocycles. The van der Waals surface area contributed by atoms with Gasteiger partial charge in [0, 0.05) is 26.2 Å². The van der Waals surface area contributed by atoms with Crippen molar-refractivity contribution < 1.29 is 4.74 Å². The van der Waals surface area contributed by atoms with Gasteiger partial charge in [-0.15, -0.1) is 24.8 Å². The Kier molecular flexibility index (Phi) is 5.86. The summed E-state index contributed by atoms with van der Waals surface area (Å²) in [6.45, 7) is 7.68. The molecule has 1 aliphatic heterocycles. The number of fused-ring (bicyclic) bond motifs is 3. The molecule has 0 spiro atoms. The molecular formula is C15H21Cl2N5O. The Morgan fingerprint density at radius 3 is 2.61 bits per heavy atom. The minimum absolute atomic E-state index is 0. The molecule has 0 atom stereocenters. The van der Waals surface area contributed by atoms with Gasteiger partial charge in [0.1, 0.15) is 5.82 Å². The largest absolute Gasteiger partial charge is 0.379 e. The lowest BCUT2D eigenvalue weighted by Crippen LogP contribution is -2.38. The van der Waals surface area contributed by atoms with Crippen molar-refractivity contribution in [1.82, 2.24) is 24.1 Å². The second kappa shape index (κ2) is 7.49. The Balaban J connectivity index is 0.000000960. The molecule has 1 fully saturated rings. The van der Waals surface area contributed by atoms with Gasteiger partial charge in [-0.2, -0.15) is 9.61 Å². The molecule has 4 rings (SSSR count). The lowest BCUT2D eigenvalue weighted by atomic mass is 10.3. The number of morpholine rings is 1. The zero-order chi connectivity index (χ0) is 14.2. The third-order valence-corrected chi connectivity index (χ3v) is 4.14. The fourth-order valence-electron chi connectivity index (χ4n) is 2.95. The number of hydrogen-bond donors (Lipinski definition) is 0. The molecular weight excluding hydrogens is 337 g/mol. The van der Waals surface area contributed by atoms with Gasteiger partial charge in [0.05, 0.1) is 24.2 Å². The van der Waals surface area contributed by atoms with Crippen molar-refractivity contribution in [3.05, 3.63) is 30.1 Å². The van der Waals surface area contributed by atoms with Crippen molar-refractivity contribution >= 4 is 41.6 Å². The number of aromatic nitrogens is 4. The maximum Gasteiger partial charge on any atom is 0.233 e. The maximum absolute atomic E-state index is 5.39. The first kappa shape index (κ1) is 18.0. The normalized spacial score (nSPS) is 15.5. The van der Waals surface area contributed by atoms with Crippen LogP contribution in [0.3, 0.4) is 0 Å². The second-order valence-corrected chi connectivity index (χ2v) is 5.47. The second-order valence-electron chi connectivity index (χ2n) is 5.47. The van der Waals surface area contributed by atoms with E-state index in [0.29, 0.717) is 0 Å². The van der Waals surface area contributed by atoms with Gasteiger partial charge in [0.25, 0.3) is 0 Å². The summed E-state index contributed by atoms with van der Waals surface area (Å²) in [6.07, 6.45) is 0. The quantitative estimate of drug-likeness (QED) is 0.720. The van der Waals surface area contributed by atoms with Crippen LogP contribution in [-0.2, 0) is 11.3 Å². The Morgan fingerprint density at radius 2 is 1.83 bits per heavy atom. The zero-order valence-electron chi connectivity index (χ0n) is 13.0. The van der Waals surface area contributed by atoms with E-state index in [0.717, 1.165) is 62.0 Å². The van der Waals surface area contributed by atoms with Crippen molar-refractivity contribution in [3.63, 3.8) is 0 Å². The van der Waals surface area contributed by atoms with Crippen LogP contribution < -0.4 is 0 Å². The van der Waals surface area contributed by atoms with Gasteiger partial charge < -0.3 is 4.74 Å². The van der Waals surface area contributed by atoms with Crippen LogP contribution in [0.2, 0.25) is 0 Å². The van der Waals surface area contributed by atoms with E-state index in [9.17, 15) is 0 Å². The topological polar surface area (TPSA) is 47.6 Å². The van der Waals surface area contributed by atoms with Crippen LogP contribution in [-0.4, -0.2) is 56.9 Å². The van der Waals surface area contributed by atoms with Gasteiger partial charge in [0.2, 0.25) is 5.78 Å². The van der Waals surface area contributed by atoms with Crippen LogP contribution in [0.15, 0.2) is 24.3 Å². The molecule has 0 aliphatic carbocycles. The van der Waals surface area contributed by atoms with Gasteiger partial charge in [0.15, 0.2) is 0 Å². The molecule has 1 saturated heterocycles. The predicted octanol–water partition coefficient (Wildman–Crippen LogP) is 2.17. The summed E-state index contributed by atoms with van der Waals surface area (Å²) in [6, 6.07) is 8.14. The van der Waals surface area contributed by atoms with E-state index in [1.54, 1.807) is 0 Å². The Morgan fingerprint density at radius 1 is 1.09 bits per heavy atom. The minimum Gasteiger partial charge on any atom is -0.379 e. The van der Waals surface area contributed by atoms with Crippen LogP contribution in [0.1, 0.15) is 5.82 Å². The van der Waals surface area contributed by atoms with E-state index < -0.39 is 0 Å². The van der Waals surface area contributed by atoms with Crippen LogP contribution >= 0.6 is 24.8 Å². The number of para-hydroxylation sites is 2. The van der Waals surface area contributed by atoms with E-state index in [2.05, 4.69) is 20.6 Å². The third kappa shape index (κ3) is 3.30. The molecule has 3 aromatic rings. The van der Waals surface area contributed by atoms with Crippen molar-refractivity contribution in [3.8, 4) is 0 Å². The summed E-state index contributed by atoms with van der Waals surface area (Å²) in [7, 11) is 0. The van der Waals surface area contributed by atoms with E-state index in [1.165, 1.54) is 0 Å². The van der Waals surface area contributed by atoms with Crippen LogP contribution in [0.5, 0.6) is 0 Å². The highest BCUT2D eigenvalue weighted by molar-refractivity contribution is 5.85. The van der Waals surface area contributed by atoms with Crippen molar-refractivity contribution in [2.75, 3.05) is 32.8 Å². The van der Waals surface area contributed by atoms with Crippen LogP contribution in [0.4, 0.5) is 0 Å². The van der Waals surface area contributed by atoms with Gasteiger partial charge in [-0.3, -0.25) is 9.47 Å². The van der Waals surface area contributed by atoms with Crippen LogP contribution in [0, 0.1) is 6.92 Å². The Bertz CT molecular complexity index is 779. The Labute approximate surface area is 147 Å². The number of ether oxygens (including phenoxy) is 1. The summed E-state index contributed by atoms with van der Waals surface area (Å²) in [5.41, 5.74) is 2.07. The monoisotopic (exact) mass is 357 g/mol. The first-order chi connectivity index (χ1) is 10.3. The van der Waals surface area contributed by atoms with Crippen molar-refractivity contribution in [2.45, 2.75) is 13.5 Å². The highest BCUT2D eigenvalue weighted by atomic mass is 35.5.